The predicted molar refractivity (Wildman–Crippen MR) is 275 cm³/mol. The molecule has 91 heavy (non-hydrogen) atoms. The zero-order chi connectivity index (χ0) is 69.1. The lowest BCUT2D eigenvalue weighted by atomic mass is 9.95. The van der Waals surface area contributed by atoms with Crippen molar-refractivity contribution in [3.8, 4) is 0 Å². The molecule has 0 amide bonds. The third-order valence-electron chi connectivity index (χ3n) is 13.3. The molecule has 4 fully saturated rings. The SMILES string of the molecule is COC1C(OC)[C@H](O[C@H]2O[C@H](COS(=O)(=O)O)[C@@H](OC)C(OC)C2OC)[C@@H](C(=O)O)O[C@@H]1O[C@H]1C(COS(=O)(=O)O)O[C@@H](O[C@@H](CC(=O)O)[C@@H](OC)C(OC)[C@@H](O)O[C@H]2C(OC)C(OS(=O)(=O)O)[C@@H](OC)O[C@@H]2COS(=O)(=O)O)C(OS(=O)(=O)O)[C@H]1OS(=O)(=O)O. The van der Waals surface area contributed by atoms with Gasteiger partial charge in [-0.25, -0.2) is 29.9 Å². The average Bonchev–Trinajstić information content (AvgIpc) is 0.783. The number of rotatable bonds is 38. The molecular weight excluding hydrogens is 1400 g/mol. The van der Waals surface area contributed by atoms with Crippen molar-refractivity contribution >= 4 is 74.3 Å². The van der Waals surface area contributed by atoms with Crippen molar-refractivity contribution in [3.63, 3.8) is 0 Å². The Labute approximate surface area is 518 Å². The maximum absolute atomic E-state index is 13.2. The van der Waals surface area contributed by atoms with Crippen LogP contribution in [0.3, 0.4) is 0 Å². The van der Waals surface area contributed by atoms with Gasteiger partial charge in [-0.1, -0.05) is 0 Å². The zero-order valence-corrected chi connectivity index (χ0v) is 53.2. The van der Waals surface area contributed by atoms with Crippen molar-refractivity contribution in [1.82, 2.24) is 0 Å². The molecule has 0 aromatic rings. The van der Waals surface area contributed by atoms with Crippen molar-refractivity contribution in [1.29, 1.82) is 0 Å². The van der Waals surface area contributed by atoms with Crippen LogP contribution >= 0.6 is 0 Å². The monoisotopic (exact) mass is 1460 g/mol. The second-order valence-corrected chi connectivity index (χ2v) is 25.2. The van der Waals surface area contributed by atoms with Gasteiger partial charge in [-0.3, -0.25) is 32.1 Å². The predicted octanol–water partition coefficient (Wildman–Crippen LogP) is -6.91. The molecule has 4 rings (SSSR count). The number of hydrogen-bond donors (Lipinski definition) is 9. The molecule has 4 heterocycles. The van der Waals surface area contributed by atoms with Crippen LogP contribution in [0.1, 0.15) is 6.42 Å². The van der Waals surface area contributed by atoms with E-state index in [1.807, 2.05) is 0 Å². The Hall–Kier alpha value is -2.56. The van der Waals surface area contributed by atoms with Crippen molar-refractivity contribution in [2.24, 2.45) is 0 Å². The van der Waals surface area contributed by atoms with E-state index < -0.39 is 248 Å². The highest BCUT2D eigenvalue weighted by atomic mass is 32.3. The third kappa shape index (κ3) is 23.6. The van der Waals surface area contributed by atoms with E-state index in [0.717, 1.165) is 64.0 Å². The van der Waals surface area contributed by atoms with Crippen molar-refractivity contribution in [3.05, 3.63) is 0 Å². The minimum Gasteiger partial charge on any atom is -0.481 e. The van der Waals surface area contributed by atoms with Gasteiger partial charge in [-0.2, -0.15) is 50.5 Å². The number of carboxylic acid groups (broad SMARTS) is 2. The fourth-order valence-corrected chi connectivity index (χ4v) is 12.2. The average molecular weight is 1470 g/mol. The first-order valence-electron chi connectivity index (χ1n) is 25.0. The Morgan fingerprint density at radius 3 is 1.14 bits per heavy atom. The molecule has 0 aliphatic carbocycles. The van der Waals surface area contributed by atoms with E-state index in [1.165, 1.54) is 0 Å². The number of ether oxygens (including phenoxy) is 17. The van der Waals surface area contributed by atoms with E-state index in [2.05, 4.69) is 16.7 Å². The van der Waals surface area contributed by atoms with E-state index in [4.69, 9.17) is 88.9 Å². The summed E-state index contributed by atoms with van der Waals surface area (Å²) in [5.41, 5.74) is 0. The van der Waals surface area contributed by atoms with Crippen LogP contribution in [-0.4, -0.2) is 336 Å². The molecule has 0 aromatic carbocycles. The van der Waals surface area contributed by atoms with Gasteiger partial charge < -0.3 is 95.8 Å². The highest BCUT2D eigenvalue weighted by Crippen LogP contribution is 2.39. The number of aliphatic carboxylic acids is 2. The third-order valence-corrected chi connectivity index (χ3v) is 16.0. The first-order chi connectivity index (χ1) is 42.0. The molecule has 0 radical (unpaired) electrons. The quantitative estimate of drug-likeness (QED) is 0.0205. The minimum absolute atomic E-state index is 0.740. The van der Waals surface area contributed by atoms with Gasteiger partial charge in [-0.05, 0) is 0 Å². The lowest BCUT2D eigenvalue weighted by Crippen LogP contribution is -2.68. The number of carbonyl (C=O) groups is 2. The van der Waals surface area contributed by atoms with Crippen LogP contribution in [0.25, 0.3) is 0 Å². The summed E-state index contributed by atoms with van der Waals surface area (Å²) >= 11 is 0. The van der Waals surface area contributed by atoms with Gasteiger partial charge in [0.1, 0.15) is 97.7 Å². The minimum atomic E-state index is -6.15. The Bertz CT molecular complexity index is 3030. The molecule has 0 bridgehead atoms. The molecule has 4 aliphatic heterocycles. The van der Waals surface area contributed by atoms with Gasteiger partial charge in [0.15, 0.2) is 49.8 Å². The summed E-state index contributed by atoms with van der Waals surface area (Å²) in [6, 6.07) is 0. The summed E-state index contributed by atoms with van der Waals surface area (Å²) in [5, 5.41) is 32.6. The van der Waals surface area contributed by atoms with E-state index in [-0.39, 0.29) is 0 Å². The molecule has 4 aliphatic rings. The van der Waals surface area contributed by atoms with Gasteiger partial charge >= 0.3 is 74.3 Å². The second kappa shape index (κ2) is 34.1. The molecule has 9 N–H and O–H groups in total. The van der Waals surface area contributed by atoms with Crippen LogP contribution in [-0.2, 0) is 178 Å². The Kier molecular flexibility index (Phi) is 30.3. The highest BCUT2D eigenvalue weighted by molar-refractivity contribution is 7.82. The number of hydrogen-bond acceptors (Lipinski definition) is 38. The lowest BCUT2D eigenvalue weighted by molar-refractivity contribution is -0.379. The summed E-state index contributed by atoms with van der Waals surface area (Å²) < 4.78 is 327. The van der Waals surface area contributed by atoms with Crippen LogP contribution in [0.4, 0.5) is 0 Å². The van der Waals surface area contributed by atoms with Crippen molar-refractivity contribution in [2.75, 3.05) is 83.8 Å². The standard InChI is InChI=1S/C39H68O46S6/c1-63-19(29(68-6)35(44)79-21-16(12-73-87(48,49)50)76-36(71-9)32(24(21)66-4)84-90(57,58)59)14(10-18(40)41)75-39-33(85-91(60,61)62)27(83-89(54,55)56)22(17(78-39)13-74-88(51,52)53)80-38-31(70-8)25(67-5)26(28(82-38)34(42)43)81-37-30(69-7)23(65-3)20(64-2)15(77-37)11-72-86(45,46)47/h14-17,19-33,35-39,44H,10-13H2,1-9H3,(H,40,41)(H,42,43)(H,45,46,47)(H,48,49,50)(H,51,52,53)(H,54,55,56)(H,57,58,59)(H,60,61,62)/t14-,15+,16+,17?,19+,20+,21+,22-,23?,24?,25?,26-,27-,28-,29?,30?,31?,32?,33?,35-,36-,37+,38-,39+/m0/s1. The molecule has 46 nitrogen and oxygen atoms in total. The number of methoxy groups -OCH3 is 9. The topological polar surface area (TPSA) is 633 Å². The molecule has 9 unspecified atom stereocenters. The van der Waals surface area contributed by atoms with Crippen LogP contribution in [0, 0.1) is 0 Å². The number of carboxylic acids is 2. The smallest absolute Gasteiger partial charge is 0.397 e. The lowest BCUT2D eigenvalue weighted by Gasteiger charge is -2.50. The second-order valence-electron chi connectivity index (χ2n) is 18.8. The van der Waals surface area contributed by atoms with E-state index in [9.17, 15) is 103 Å². The van der Waals surface area contributed by atoms with Gasteiger partial charge in [0.25, 0.3) is 0 Å². The first-order valence-corrected chi connectivity index (χ1v) is 33.1. The Balaban J connectivity index is 1.87. The Morgan fingerprint density at radius 1 is 0.385 bits per heavy atom. The summed E-state index contributed by atoms with van der Waals surface area (Å²) in [4.78, 5) is 25.9. The largest absolute Gasteiger partial charge is 0.481 e. The summed E-state index contributed by atoms with van der Waals surface area (Å²) in [6.45, 7) is -4.01. The van der Waals surface area contributed by atoms with Crippen LogP contribution in [0.15, 0.2) is 0 Å². The van der Waals surface area contributed by atoms with Crippen molar-refractivity contribution < 1.29 is 208 Å². The molecule has 52 heteroatoms. The molecular formula is C39H68O46S6. The first kappa shape index (κ1) is 80.9. The van der Waals surface area contributed by atoms with E-state index in [1.54, 1.807) is 0 Å². The summed E-state index contributed by atoms with van der Waals surface area (Å²) in [6.07, 6.45) is -54.2. The molecule has 0 aromatic heterocycles. The molecule has 4 saturated heterocycles. The molecule has 0 spiro atoms. The molecule has 0 saturated carbocycles. The number of aliphatic hydroxyl groups excluding tert-OH is 1. The fourth-order valence-electron chi connectivity index (χ4n) is 9.87. The summed E-state index contributed by atoms with van der Waals surface area (Å²) in [7, 11) is -25.6. The van der Waals surface area contributed by atoms with Gasteiger partial charge in [0.2, 0.25) is 0 Å². The van der Waals surface area contributed by atoms with E-state index >= 15 is 0 Å². The zero-order valence-electron chi connectivity index (χ0n) is 48.3. The Morgan fingerprint density at radius 2 is 0.747 bits per heavy atom. The maximum Gasteiger partial charge on any atom is 0.397 e. The van der Waals surface area contributed by atoms with Crippen LogP contribution < -0.4 is 0 Å². The maximum atomic E-state index is 13.2. The van der Waals surface area contributed by atoms with Gasteiger partial charge in [0, 0.05) is 64.0 Å². The van der Waals surface area contributed by atoms with Crippen LogP contribution in [0.2, 0.25) is 0 Å². The van der Waals surface area contributed by atoms with Crippen LogP contribution in [0.5, 0.6) is 0 Å². The normalized spacial score (nSPS) is 34.6. The highest BCUT2D eigenvalue weighted by Gasteiger charge is 2.60. The van der Waals surface area contributed by atoms with E-state index in [0.29, 0.717) is 0 Å². The molecule has 24 atom stereocenters. The number of aliphatic hydroxyl groups is 1. The fraction of sp³-hybridized carbons (Fsp3) is 0.949. The van der Waals surface area contributed by atoms with Crippen molar-refractivity contribution in [2.45, 2.75) is 154 Å². The molecule has 536 valence electrons. The summed E-state index contributed by atoms with van der Waals surface area (Å²) in [5.74, 6) is -3.92. The van der Waals surface area contributed by atoms with Gasteiger partial charge in [-0.15, -0.1) is 0 Å². The van der Waals surface area contributed by atoms with Gasteiger partial charge in [0.05, 0.1) is 26.2 Å².